The van der Waals surface area contributed by atoms with Crippen LogP contribution in [0, 0.1) is 5.92 Å². The highest BCUT2D eigenvalue weighted by atomic mass is 35.5. The van der Waals surface area contributed by atoms with Gasteiger partial charge in [-0.25, -0.2) is 0 Å². The summed E-state index contributed by atoms with van der Waals surface area (Å²) in [5.41, 5.74) is 0. The Kier molecular flexibility index (Phi) is 4.53. The Morgan fingerprint density at radius 1 is 1.69 bits per heavy atom. The van der Waals surface area contributed by atoms with Crippen molar-refractivity contribution in [2.24, 2.45) is 5.92 Å². The molecule has 1 saturated heterocycles. The Balaban J connectivity index is 2.23. The zero-order valence-electron chi connectivity index (χ0n) is 8.05. The van der Waals surface area contributed by atoms with Gasteiger partial charge in [0.1, 0.15) is 0 Å². The third kappa shape index (κ3) is 3.16. The summed E-state index contributed by atoms with van der Waals surface area (Å²) in [5, 5.41) is 3.20. The van der Waals surface area contributed by atoms with Crippen molar-refractivity contribution < 1.29 is 4.79 Å². The summed E-state index contributed by atoms with van der Waals surface area (Å²) < 4.78 is 0. The Labute approximate surface area is 84.4 Å². The first kappa shape index (κ1) is 10.8. The van der Waals surface area contributed by atoms with Gasteiger partial charge in [0.05, 0.1) is 0 Å². The van der Waals surface area contributed by atoms with Crippen LogP contribution in [0.25, 0.3) is 0 Å². The van der Waals surface area contributed by atoms with Gasteiger partial charge in [-0.15, -0.1) is 11.6 Å². The van der Waals surface area contributed by atoms with Gasteiger partial charge in [-0.1, -0.05) is 6.92 Å². The summed E-state index contributed by atoms with van der Waals surface area (Å²) in [6.07, 6.45) is 0.635. The van der Waals surface area contributed by atoms with E-state index in [-0.39, 0.29) is 5.91 Å². The summed E-state index contributed by atoms with van der Waals surface area (Å²) >= 11 is 5.71. The molecule has 1 rings (SSSR count). The normalized spacial score (nSPS) is 22.8. The van der Waals surface area contributed by atoms with Gasteiger partial charge in [0.2, 0.25) is 5.91 Å². The largest absolute Gasteiger partial charge is 0.341 e. The fourth-order valence-corrected chi connectivity index (χ4v) is 1.77. The van der Waals surface area contributed by atoms with Crippen LogP contribution in [0.4, 0.5) is 0 Å². The van der Waals surface area contributed by atoms with Crippen molar-refractivity contribution in [2.45, 2.75) is 13.3 Å². The minimum absolute atomic E-state index is 0.253. The van der Waals surface area contributed by atoms with Crippen LogP contribution in [-0.2, 0) is 4.79 Å². The molecule has 1 fully saturated rings. The van der Waals surface area contributed by atoms with Crippen LogP contribution in [0.2, 0.25) is 0 Å². The number of halogens is 1. The molecule has 0 aromatic rings. The second kappa shape index (κ2) is 5.45. The molecule has 0 aromatic carbocycles. The molecule has 0 spiro atoms. The van der Waals surface area contributed by atoms with Crippen LogP contribution in [0.3, 0.4) is 0 Å². The first-order chi connectivity index (χ1) is 6.27. The Hall–Kier alpha value is -0.280. The molecular weight excluding hydrogens is 188 g/mol. The summed E-state index contributed by atoms with van der Waals surface area (Å²) in [6, 6.07) is 0. The van der Waals surface area contributed by atoms with Crippen molar-refractivity contribution in [1.82, 2.24) is 10.2 Å². The van der Waals surface area contributed by atoms with Gasteiger partial charge in [0.15, 0.2) is 0 Å². The van der Waals surface area contributed by atoms with Crippen molar-refractivity contribution in [3.05, 3.63) is 0 Å². The number of carbonyl (C=O) groups excluding carboxylic acids is 1. The molecule has 1 amide bonds. The predicted octanol–water partition coefficient (Wildman–Crippen LogP) is 0.683. The molecule has 76 valence electrons. The smallest absolute Gasteiger partial charge is 0.223 e. The molecule has 1 atom stereocenters. The van der Waals surface area contributed by atoms with E-state index < -0.39 is 0 Å². The molecule has 0 bridgehead atoms. The summed E-state index contributed by atoms with van der Waals surface area (Å²) in [4.78, 5) is 13.3. The molecule has 1 heterocycles. The second-order valence-corrected chi connectivity index (χ2v) is 3.73. The maximum Gasteiger partial charge on any atom is 0.223 e. The van der Waals surface area contributed by atoms with E-state index in [9.17, 15) is 4.79 Å². The monoisotopic (exact) mass is 204 g/mol. The van der Waals surface area contributed by atoms with Gasteiger partial charge in [-0.05, 0) is 12.5 Å². The Morgan fingerprint density at radius 3 is 3.00 bits per heavy atom. The topological polar surface area (TPSA) is 32.3 Å². The van der Waals surface area contributed by atoms with Gasteiger partial charge in [-0.2, -0.15) is 0 Å². The number of hydrogen-bond acceptors (Lipinski definition) is 2. The fraction of sp³-hybridized carbons (Fsp3) is 0.889. The number of nitrogens with zero attached hydrogens (tertiary/aromatic N) is 1. The first-order valence-corrected chi connectivity index (χ1v) is 5.35. The second-order valence-electron chi connectivity index (χ2n) is 3.42. The number of alkyl halides is 1. The third-order valence-electron chi connectivity index (χ3n) is 2.32. The number of amides is 1. The van der Waals surface area contributed by atoms with Crippen molar-refractivity contribution in [1.29, 1.82) is 0 Å². The summed E-state index contributed by atoms with van der Waals surface area (Å²) in [6.45, 7) is 5.57. The first-order valence-electron chi connectivity index (χ1n) is 4.82. The molecular formula is C9H17ClN2O. The van der Waals surface area contributed by atoms with Gasteiger partial charge in [-0.3, -0.25) is 4.79 Å². The van der Waals surface area contributed by atoms with Gasteiger partial charge in [0.25, 0.3) is 0 Å². The molecule has 3 nitrogen and oxygen atoms in total. The van der Waals surface area contributed by atoms with E-state index in [4.69, 9.17) is 11.6 Å². The third-order valence-corrected chi connectivity index (χ3v) is 2.76. The standard InChI is InChI=1S/C9H17ClN2O/c1-2-11-3-4-12-7-8(6-10)5-9(12)13/h8,11H,2-7H2,1H3. The van der Waals surface area contributed by atoms with Crippen LogP contribution in [0.15, 0.2) is 0 Å². The molecule has 0 radical (unpaired) electrons. The van der Waals surface area contributed by atoms with Gasteiger partial charge >= 0.3 is 0 Å². The lowest BCUT2D eigenvalue weighted by molar-refractivity contribution is -0.127. The zero-order valence-corrected chi connectivity index (χ0v) is 8.81. The minimum Gasteiger partial charge on any atom is -0.341 e. The maximum absolute atomic E-state index is 11.4. The van der Waals surface area contributed by atoms with Crippen LogP contribution in [0.5, 0.6) is 0 Å². The van der Waals surface area contributed by atoms with E-state index >= 15 is 0 Å². The van der Waals surface area contributed by atoms with E-state index in [0.717, 1.165) is 26.2 Å². The highest BCUT2D eigenvalue weighted by molar-refractivity contribution is 6.18. The number of likely N-dealkylation sites (N-methyl/N-ethyl adjacent to an activating group) is 1. The number of nitrogens with one attached hydrogen (secondary N) is 1. The molecule has 1 unspecified atom stereocenters. The molecule has 0 aliphatic carbocycles. The van der Waals surface area contributed by atoms with Crippen LogP contribution in [-0.4, -0.2) is 42.9 Å². The minimum atomic E-state index is 0.253. The van der Waals surface area contributed by atoms with Crippen molar-refractivity contribution in [3.8, 4) is 0 Å². The van der Waals surface area contributed by atoms with Gasteiger partial charge < -0.3 is 10.2 Å². The number of carbonyl (C=O) groups is 1. The molecule has 1 aliphatic rings. The Morgan fingerprint density at radius 2 is 2.46 bits per heavy atom. The number of rotatable bonds is 5. The van der Waals surface area contributed by atoms with Crippen LogP contribution in [0.1, 0.15) is 13.3 Å². The SMILES string of the molecule is CCNCCN1CC(CCl)CC1=O. The van der Waals surface area contributed by atoms with E-state index in [1.54, 1.807) is 0 Å². The molecule has 0 aromatic heterocycles. The average molecular weight is 205 g/mol. The molecule has 1 aliphatic heterocycles. The van der Waals surface area contributed by atoms with Crippen molar-refractivity contribution in [3.63, 3.8) is 0 Å². The van der Waals surface area contributed by atoms with E-state index in [0.29, 0.717) is 18.2 Å². The zero-order chi connectivity index (χ0) is 9.68. The number of likely N-dealkylation sites (tertiary alicyclic amines) is 1. The van der Waals surface area contributed by atoms with Crippen molar-refractivity contribution in [2.75, 3.05) is 32.1 Å². The van der Waals surface area contributed by atoms with E-state index in [1.807, 2.05) is 4.90 Å². The fourth-order valence-electron chi connectivity index (χ4n) is 1.56. The average Bonchev–Trinajstić information content (AvgIpc) is 2.48. The van der Waals surface area contributed by atoms with E-state index in [2.05, 4.69) is 12.2 Å². The highest BCUT2D eigenvalue weighted by Crippen LogP contribution is 2.17. The van der Waals surface area contributed by atoms with Crippen molar-refractivity contribution >= 4 is 17.5 Å². The molecule has 1 N–H and O–H groups in total. The van der Waals surface area contributed by atoms with E-state index in [1.165, 1.54) is 0 Å². The van der Waals surface area contributed by atoms with Crippen LogP contribution < -0.4 is 5.32 Å². The Bertz CT molecular complexity index is 175. The lowest BCUT2D eigenvalue weighted by atomic mass is 10.2. The number of hydrogen-bond donors (Lipinski definition) is 1. The lowest BCUT2D eigenvalue weighted by Crippen LogP contribution is -2.33. The molecule has 0 saturated carbocycles. The van der Waals surface area contributed by atoms with Crippen LogP contribution >= 0.6 is 11.6 Å². The maximum atomic E-state index is 11.4. The molecule has 13 heavy (non-hydrogen) atoms. The van der Waals surface area contributed by atoms with Gasteiger partial charge in [0, 0.05) is 31.9 Å². The lowest BCUT2D eigenvalue weighted by Gasteiger charge is -2.15. The molecule has 4 heteroatoms. The summed E-state index contributed by atoms with van der Waals surface area (Å²) in [7, 11) is 0. The summed E-state index contributed by atoms with van der Waals surface area (Å²) in [5.74, 6) is 1.23. The highest BCUT2D eigenvalue weighted by Gasteiger charge is 2.27. The predicted molar refractivity (Wildman–Crippen MR) is 54.0 cm³/mol. The quantitative estimate of drug-likeness (QED) is 0.528.